The molecule has 0 aromatic heterocycles. The molecule has 0 heterocycles. The molecule has 0 fully saturated rings. The molecule has 0 nitrogen and oxygen atoms in total. The number of hydrogen-bond acceptors (Lipinski definition) is 0. The lowest BCUT2D eigenvalue weighted by atomic mass is 10.1. The van der Waals surface area contributed by atoms with Gasteiger partial charge in [-0.1, -0.05) is 60.5 Å². The van der Waals surface area contributed by atoms with Gasteiger partial charge in [0.15, 0.2) is 0 Å². The molecule has 1 rings (SSSR count). The molecule has 1 unspecified atom stereocenters. The Balaban J connectivity index is 3.03. The van der Waals surface area contributed by atoms with Crippen LogP contribution < -0.4 is 0 Å². The summed E-state index contributed by atoms with van der Waals surface area (Å²) < 4.78 is -1.15. The van der Waals surface area contributed by atoms with E-state index in [4.69, 9.17) is 56.4 Å². The zero-order valence-electron chi connectivity index (χ0n) is 7.85. The first-order valence-corrected chi connectivity index (χ1v) is 10.1. The predicted octanol–water partition coefficient (Wildman–Crippen LogP) is 5.36. The summed E-state index contributed by atoms with van der Waals surface area (Å²) in [5.41, 5.74) is 0.361. The molecule has 0 aliphatic rings. The van der Waals surface area contributed by atoms with Gasteiger partial charge in [-0.2, -0.15) is 0 Å². The number of hydrogen-bond donors (Lipinski definition) is 0. The Labute approximate surface area is 115 Å². The van der Waals surface area contributed by atoms with Crippen LogP contribution in [-0.2, 0) is 4.33 Å². The summed E-state index contributed by atoms with van der Waals surface area (Å²) in [6.07, 6.45) is 0. The molecule has 6 heteroatoms. The second-order valence-corrected chi connectivity index (χ2v) is 13.7. The SMILES string of the molecule is CC(C(Cl)(Cl)c1ccccc1)[Si](Cl)(Cl)Cl. The van der Waals surface area contributed by atoms with Crippen LogP contribution in [0, 0.1) is 0 Å². The van der Waals surface area contributed by atoms with Crippen molar-refractivity contribution in [2.45, 2.75) is 16.8 Å². The van der Waals surface area contributed by atoms with Crippen molar-refractivity contribution in [2.24, 2.45) is 0 Å². The van der Waals surface area contributed by atoms with Gasteiger partial charge in [-0.05, 0) is 5.56 Å². The minimum absolute atomic E-state index is 0.388. The van der Waals surface area contributed by atoms with E-state index in [0.717, 1.165) is 5.56 Å². The van der Waals surface area contributed by atoms with Crippen molar-refractivity contribution in [1.82, 2.24) is 0 Å². The average molecular weight is 323 g/mol. The van der Waals surface area contributed by atoms with Crippen LogP contribution in [0.4, 0.5) is 0 Å². The first-order valence-electron chi connectivity index (χ1n) is 4.26. The topological polar surface area (TPSA) is 0 Å². The van der Waals surface area contributed by atoms with E-state index in [2.05, 4.69) is 0 Å². The maximum absolute atomic E-state index is 6.24. The van der Waals surface area contributed by atoms with Gasteiger partial charge < -0.3 is 0 Å². The average Bonchev–Trinajstić information content (AvgIpc) is 2.16. The van der Waals surface area contributed by atoms with Crippen molar-refractivity contribution in [2.75, 3.05) is 0 Å². The fourth-order valence-electron chi connectivity index (χ4n) is 1.12. The third-order valence-electron chi connectivity index (χ3n) is 2.19. The maximum atomic E-state index is 6.24. The van der Waals surface area contributed by atoms with Crippen molar-refractivity contribution in [3.63, 3.8) is 0 Å². The zero-order chi connectivity index (χ0) is 11.7. The van der Waals surface area contributed by atoms with Gasteiger partial charge >= 0.3 is 6.00 Å². The van der Waals surface area contributed by atoms with Crippen LogP contribution in [0.3, 0.4) is 0 Å². The van der Waals surface area contributed by atoms with Crippen molar-refractivity contribution in [3.05, 3.63) is 35.9 Å². The van der Waals surface area contributed by atoms with Crippen LogP contribution >= 0.6 is 56.4 Å². The van der Waals surface area contributed by atoms with Crippen molar-refractivity contribution < 1.29 is 0 Å². The maximum Gasteiger partial charge on any atom is 0.347 e. The number of halogens is 5. The summed E-state index contributed by atoms with van der Waals surface area (Å²) in [6, 6.07) is 6.29. The van der Waals surface area contributed by atoms with Gasteiger partial charge in [-0.25, -0.2) is 0 Å². The van der Waals surface area contributed by atoms with E-state index in [-0.39, 0.29) is 5.54 Å². The lowest BCUT2D eigenvalue weighted by Crippen LogP contribution is -2.30. The van der Waals surface area contributed by atoms with Crippen LogP contribution in [0.1, 0.15) is 12.5 Å². The number of alkyl halides is 2. The molecule has 0 aliphatic heterocycles. The molecule has 15 heavy (non-hydrogen) atoms. The minimum atomic E-state index is -2.93. The van der Waals surface area contributed by atoms with Gasteiger partial charge in [0, 0.05) is 5.54 Å². The first kappa shape index (κ1) is 13.9. The molecule has 0 amide bonds. The summed E-state index contributed by atoms with van der Waals surface area (Å²) in [5.74, 6) is 0. The van der Waals surface area contributed by atoms with E-state index in [1.807, 2.05) is 30.3 Å². The Morgan fingerprint density at radius 3 is 1.93 bits per heavy atom. The Hall–Kier alpha value is 0.887. The minimum Gasteiger partial charge on any atom is -0.126 e. The molecule has 0 radical (unpaired) electrons. The van der Waals surface area contributed by atoms with Gasteiger partial charge in [-0.15, -0.1) is 33.2 Å². The van der Waals surface area contributed by atoms with Crippen molar-refractivity contribution in [1.29, 1.82) is 0 Å². The van der Waals surface area contributed by atoms with Crippen molar-refractivity contribution in [3.8, 4) is 0 Å². The van der Waals surface area contributed by atoms with E-state index >= 15 is 0 Å². The molecule has 0 spiro atoms. The standard InChI is InChI=1S/C9H9Cl5Si/c1-7(15(12,13)14)9(10,11)8-5-3-2-4-6-8/h2-7H,1H3. The lowest BCUT2D eigenvalue weighted by molar-refractivity contribution is 0.792. The highest BCUT2D eigenvalue weighted by Gasteiger charge is 2.47. The summed E-state index contributed by atoms with van der Waals surface area (Å²) in [5, 5.41) is 0. The van der Waals surface area contributed by atoms with E-state index in [0.29, 0.717) is 0 Å². The van der Waals surface area contributed by atoms with E-state index < -0.39 is 10.3 Å². The molecular weight excluding hydrogens is 313 g/mol. The molecule has 0 aliphatic carbocycles. The van der Waals surface area contributed by atoms with Crippen molar-refractivity contribution >= 4 is 62.4 Å². The van der Waals surface area contributed by atoms with Crippen LogP contribution in [0.25, 0.3) is 0 Å². The second-order valence-electron chi connectivity index (χ2n) is 3.25. The molecule has 1 aromatic rings. The van der Waals surface area contributed by atoms with Gasteiger partial charge in [0.05, 0.1) is 0 Å². The highest BCUT2D eigenvalue weighted by molar-refractivity contribution is 7.65. The van der Waals surface area contributed by atoms with Gasteiger partial charge in [0.2, 0.25) is 0 Å². The Bertz CT molecular complexity index is 319. The van der Waals surface area contributed by atoms with Gasteiger partial charge in [-0.3, -0.25) is 0 Å². The quantitative estimate of drug-likeness (QED) is 0.399. The highest BCUT2D eigenvalue weighted by atomic mass is 35.8. The first-order chi connectivity index (χ1) is 6.76. The fraction of sp³-hybridized carbons (Fsp3) is 0.333. The molecule has 0 saturated heterocycles. The summed E-state index contributed by atoms with van der Waals surface area (Å²) in [6.45, 7) is 1.76. The van der Waals surface area contributed by atoms with Crippen LogP contribution in [-0.4, -0.2) is 6.00 Å². The molecule has 0 bridgehead atoms. The third kappa shape index (κ3) is 3.42. The summed E-state index contributed by atoms with van der Waals surface area (Å²) >= 11 is 30.2. The van der Waals surface area contributed by atoms with Crippen LogP contribution in [0.2, 0.25) is 5.54 Å². The molecular formula is C9H9Cl5Si. The highest BCUT2D eigenvalue weighted by Crippen LogP contribution is 2.52. The predicted molar refractivity (Wildman–Crippen MR) is 72.6 cm³/mol. The van der Waals surface area contributed by atoms with Gasteiger partial charge in [0.1, 0.15) is 4.33 Å². The molecule has 84 valence electrons. The van der Waals surface area contributed by atoms with E-state index in [1.54, 1.807) is 6.92 Å². The fourth-order valence-corrected chi connectivity index (χ4v) is 5.41. The smallest absolute Gasteiger partial charge is 0.126 e. The third-order valence-corrected chi connectivity index (χ3v) is 8.01. The van der Waals surface area contributed by atoms with E-state index in [9.17, 15) is 0 Å². The lowest BCUT2D eigenvalue weighted by Gasteiger charge is -2.30. The summed E-state index contributed by atoms with van der Waals surface area (Å²) in [7, 11) is 0. The Kier molecular flexibility index (Phi) is 4.68. The largest absolute Gasteiger partial charge is 0.347 e. The van der Waals surface area contributed by atoms with Crippen LogP contribution in [0.15, 0.2) is 30.3 Å². The second kappa shape index (κ2) is 5.03. The monoisotopic (exact) mass is 320 g/mol. The summed E-state index contributed by atoms with van der Waals surface area (Å²) in [4.78, 5) is 0. The number of rotatable bonds is 3. The van der Waals surface area contributed by atoms with Crippen LogP contribution in [0.5, 0.6) is 0 Å². The molecule has 0 saturated carbocycles. The molecule has 1 atom stereocenters. The Morgan fingerprint density at radius 2 is 1.53 bits per heavy atom. The molecule has 0 N–H and O–H groups in total. The zero-order valence-corrected chi connectivity index (χ0v) is 12.6. The van der Waals surface area contributed by atoms with Gasteiger partial charge in [0.25, 0.3) is 0 Å². The molecule has 1 aromatic carbocycles. The Morgan fingerprint density at radius 1 is 1.07 bits per heavy atom. The van der Waals surface area contributed by atoms with E-state index in [1.165, 1.54) is 0 Å². The normalized spacial score (nSPS) is 15.1. The number of benzene rings is 1.